The second-order valence-corrected chi connectivity index (χ2v) is 12.1. The molecule has 2 aliphatic rings. The Morgan fingerprint density at radius 1 is 1.21 bits per heavy atom. The van der Waals surface area contributed by atoms with Gasteiger partial charge in [-0.3, -0.25) is 10.1 Å². The minimum Gasteiger partial charge on any atom is -0.449 e. The molecule has 2 N–H and O–H groups in total. The lowest BCUT2D eigenvalue weighted by atomic mass is 9.65. The maximum Gasteiger partial charge on any atom is 0.338 e. The normalized spacial score (nSPS) is 25.2. The van der Waals surface area contributed by atoms with Gasteiger partial charge in [-0.1, -0.05) is 26.8 Å². The number of rotatable bonds is 6. The van der Waals surface area contributed by atoms with Crippen LogP contribution in [0.2, 0.25) is 0 Å². The van der Waals surface area contributed by atoms with Crippen LogP contribution in [0.4, 0.5) is 4.79 Å². The first-order valence-electron chi connectivity index (χ1n) is 11.2. The molecular weight excluding hydrogens is 446 g/mol. The van der Waals surface area contributed by atoms with Crippen LogP contribution in [0.1, 0.15) is 64.2 Å². The Morgan fingerprint density at radius 2 is 1.91 bits per heavy atom. The molecule has 3 rings (SSSR count). The maximum atomic E-state index is 13.5. The number of esters is 1. The SMILES string of the molecule is CCNC(=O)NC(=O)C(C)OC(=O)c1cccc(S(=O)(=O)N2CC3(C)CC2CC(C)(C)C3)c1. The second kappa shape index (κ2) is 9.06. The molecule has 0 spiro atoms. The van der Waals surface area contributed by atoms with Crippen molar-refractivity contribution in [3.63, 3.8) is 0 Å². The van der Waals surface area contributed by atoms with Crippen LogP contribution in [-0.4, -0.2) is 55.9 Å². The number of benzene rings is 1. The number of carbonyl (C=O) groups is 3. The van der Waals surface area contributed by atoms with E-state index in [-0.39, 0.29) is 27.3 Å². The van der Waals surface area contributed by atoms with E-state index in [0.29, 0.717) is 13.1 Å². The number of hydrogen-bond acceptors (Lipinski definition) is 6. The van der Waals surface area contributed by atoms with Gasteiger partial charge in [0.2, 0.25) is 10.0 Å². The van der Waals surface area contributed by atoms with Gasteiger partial charge in [0, 0.05) is 19.1 Å². The van der Waals surface area contributed by atoms with Gasteiger partial charge < -0.3 is 10.1 Å². The smallest absolute Gasteiger partial charge is 0.338 e. The van der Waals surface area contributed by atoms with Crippen molar-refractivity contribution in [3.8, 4) is 0 Å². The third-order valence-electron chi connectivity index (χ3n) is 6.27. The monoisotopic (exact) mass is 479 g/mol. The van der Waals surface area contributed by atoms with E-state index < -0.39 is 34.0 Å². The lowest BCUT2D eigenvalue weighted by molar-refractivity contribution is -0.127. The minimum atomic E-state index is -3.81. The van der Waals surface area contributed by atoms with Crippen molar-refractivity contribution in [2.45, 2.75) is 70.9 Å². The summed E-state index contributed by atoms with van der Waals surface area (Å²) >= 11 is 0. The Hall–Kier alpha value is -2.46. The van der Waals surface area contributed by atoms with Crippen LogP contribution in [0.25, 0.3) is 0 Å². The van der Waals surface area contributed by atoms with Crippen LogP contribution in [-0.2, 0) is 19.6 Å². The van der Waals surface area contributed by atoms with E-state index in [0.717, 1.165) is 19.3 Å². The summed E-state index contributed by atoms with van der Waals surface area (Å²) < 4.78 is 33.7. The molecular formula is C23H33N3O6S. The predicted octanol–water partition coefficient (Wildman–Crippen LogP) is 2.67. The van der Waals surface area contributed by atoms with Crippen LogP contribution >= 0.6 is 0 Å². The fourth-order valence-corrected chi connectivity index (χ4v) is 7.13. The minimum absolute atomic E-state index is 0.0162. The number of ether oxygens (including phenoxy) is 1. The summed E-state index contributed by atoms with van der Waals surface area (Å²) in [5.41, 5.74) is 0.0174. The Kier molecular flexibility index (Phi) is 6.91. The number of nitrogens with zero attached hydrogens (tertiary/aromatic N) is 1. The van der Waals surface area contributed by atoms with E-state index >= 15 is 0 Å². The Labute approximate surface area is 195 Å². The van der Waals surface area contributed by atoms with E-state index in [1.165, 1.54) is 31.2 Å². The molecule has 1 saturated heterocycles. The molecule has 3 atom stereocenters. The highest BCUT2D eigenvalue weighted by Gasteiger charge is 2.53. The van der Waals surface area contributed by atoms with Gasteiger partial charge in [0.05, 0.1) is 10.5 Å². The van der Waals surface area contributed by atoms with Crippen molar-refractivity contribution in [3.05, 3.63) is 29.8 Å². The van der Waals surface area contributed by atoms with Crippen LogP contribution in [0, 0.1) is 10.8 Å². The molecule has 9 nitrogen and oxygen atoms in total. The molecule has 1 saturated carbocycles. The molecule has 2 bridgehead atoms. The molecule has 10 heteroatoms. The number of sulfonamides is 1. The molecule has 3 unspecified atom stereocenters. The summed E-state index contributed by atoms with van der Waals surface area (Å²) in [4.78, 5) is 36.1. The van der Waals surface area contributed by atoms with E-state index in [9.17, 15) is 22.8 Å². The van der Waals surface area contributed by atoms with Crippen molar-refractivity contribution in [2.75, 3.05) is 13.1 Å². The molecule has 182 valence electrons. The first kappa shape index (κ1) is 25.2. The quantitative estimate of drug-likeness (QED) is 0.605. The molecule has 1 heterocycles. The second-order valence-electron chi connectivity index (χ2n) is 10.2. The van der Waals surface area contributed by atoms with Gasteiger partial charge in [-0.25, -0.2) is 18.0 Å². The highest BCUT2D eigenvalue weighted by atomic mass is 32.2. The fourth-order valence-electron chi connectivity index (χ4n) is 5.31. The molecule has 1 aromatic carbocycles. The lowest BCUT2D eigenvalue weighted by Crippen LogP contribution is -2.44. The third kappa shape index (κ3) is 5.55. The van der Waals surface area contributed by atoms with Crippen LogP contribution in [0.5, 0.6) is 0 Å². The molecule has 0 aromatic heterocycles. The Morgan fingerprint density at radius 3 is 2.58 bits per heavy atom. The lowest BCUT2D eigenvalue weighted by Gasteiger charge is -2.39. The number of nitrogens with one attached hydrogen (secondary N) is 2. The zero-order chi connectivity index (χ0) is 24.6. The van der Waals surface area contributed by atoms with E-state index in [1.807, 2.05) is 0 Å². The molecule has 1 aromatic rings. The van der Waals surface area contributed by atoms with Gasteiger partial charge in [-0.15, -0.1) is 0 Å². The van der Waals surface area contributed by atoms with Gasteiger partial charge in [-0.05, 0) is 62.1 Å². The van der Waals surface area contributed by atoms with Gasteiger partial charge in [-0.2, -0.15) is 4.31 Å². The molecule has 3 amide bonds. The number of imide groups is 1. The van der Waals surface area contributed by atoms with E-state index in [1.54, 1.807) is 11.2 Å². The zero-order valence-electron chi connectivity index (χ0n) is 19.8. The van der Waals surface area contributed by atoms with Crippen LogP contribution in [0.3, 0.4) is 0 Å². The number of carbonyl (C=O) groups excluding carboxylic acids is 3. The molecule has 1 aliphatic heterocycles. The average Bonchev–Trinajstić information content (AvgIpc) is 2.97. The summed E-state index contributed by atoms with van der Waals surface area (Å²) in [7, 11) is -3.81. The Balaban J connectivity index is 1.74. The third-order valence-corrected chi connectivity index (χ3v) is 8.16. The van der Waals surface area contributed by atoms with Gasteiger partial charge >= 0.3 is 12.0 Å². The molecule has 0 radical (unpaired) electrons. The summed E-state index contributed by atoms with van der Waals surface area (Å²) in [6.07, 6.45) is 1.35. The number of fused-ring (bicyclic) bond motifs is 2. The first-order chi connectivity index (χ1) is 15.3. The summed E-state index contributed by atoms with van der Waals surface area (Å²) in [6, 6.07) is 4.90. The van der Waals surface area contributed by atoms with Gasteiger partial charge in [0.1, 0.15) is 0 Å². The first-order valence-corrected chi connectivity index (χ1v) is 12.6. The molecule has 1 aliphatic carbocycles. The topological polar surface area (TPSA) is 122 Å². The Bertz CT molecular complexity index is 1050. The average molecular weight is 480 g/mol. The van der Waals surface area contributed by atoms with Crippen molar-refractivity contribution in [2.24, 2.45) is 10.8 Å². The maximum absolute atomic E-state index is 13.5. The van der Waals surface area contributed by atoms with Crippen molar-refractivity contribution >= 4 is 27.9 Å². The standard InChI is InChI=1S/C23H33N3O6S/c1-6-24-21(29)25-19(27)15(2)32-20(28)16-8-7-9-18(10-16)33(30,31)26-14-23(5)12-17(26)11-22(3,4)13-23/h7-10,15,17H,6,11-14H2,1-5H3,(H2,24,25,27,29). The van der Waals surface area contributed by atoms with Crippen molar-refractivity contribution < 1.29 is 27.5 Å². The number of amides is 3. The summed E-state index contributed by atoms with van der Waals surface area (Å²) in [5, 5.41) is 4.48. The van der Waals surface area contributed by atoms with Crippen LogP contribution < -0.4 is 10.6 Å². The van der Waals surface area contributed by atoms with Gasteiger partial charge in [0.15, 0.2) is 6.10 Å². The van der Waals surface area contributed by atoms with Crippen molar-refractivity contribution in [1.29, 1.82) is 0 Å². The summed E-state index contributed by atoms with van der Waals surface area (Å²) in [5.74, 6) is -1.63. The molecule has 2 fully saturated rings. The molecule has 33 heavy (non-hydrogen) atoms. The van der Waals surface area contributed by atoms with Crippen molar-refractivity contribution in [1.82, 2.24) is 14.9 Å². The fraction of sp³-hybridized carbons (Fsp3) is 0.609. The number of hydrogen-bond donors (Lipinski definition) is 2. The van der Waals surface area contributed by atoms with E-state index in [2.05, 4.69) is 31.4 Å². The highest BCUT2D eigenvalue weighted by Crippen LogP contribution is 2.53. The van der Waals surface area contributed by atoms with Crippen LogP contribution in [0.15, 0.2) is 29.2 Å². The van der Waals surface area contributed by atoms with E-state index in [4.69, 9.17) is 4.74 Å². The largest absolute Gasteiger partial charge is 0.449 e. The predicted molar refractivity (Wildman–Crippen MR) is 122 cm³/mol. The highest BCUT2D eigenvalue weighted by molar-refractivity contribution is 7.89. The number of urea groups is 1. The van der Waals surface area contributed by atoms with Gasteiger partial charge in [0.25, 0.3) is 5.91 Å². The summed E-state index contributed by atoms with van der Waals surface area (Å²) in [6.45, 7) is 10.3. The zero-order valence-corrected chi connectivity index (χ0v) is 20.6.